The normalized spacial score (nSPS) is 22.3. The van der Waals surface area contributed by atoms with Crippen LogP contribution in [0.1, 0.15) is 18.1 Å². The van der Waals surface area contributed by atoms with Crippen LogP contribution in [0, 0.1) is 5.92 Å². The SMILES string of the molecule is C[C@H]1C=CN(C)C2=C1C(=O)N(C)Cc1ccccc12. The third-order valence-electron chi connectivity index (χ3n) is 3.92. The van der Waals surface area contributed by atoms with Gasteiger partial charge in [-0.2, -0.15) is 0 Å². The number of fused-ring (bicyclic) bond motifs is 2. The number of rotatable bonds is 0. The van der Waals surface area contributed by atoms with E-state index < -0.39 is 0 Å². The maximum atomic E-state index is 12.6. The molecule has 0 aromatic heterocycles. The van der Waals surface area contributed by atoms with Crippen molar-refractivity contribution in [1.29, 1.82) is 0 Å². The molecule has 98 valence electrons. The average Bonchev–Trinajstić information content (AvgIpc) is 2.51. The van der Waals surface area contributed by atoms with Gasteiger partial charge >= 0.3 is 0 Å². The molecule has 0 bridgehead atoms. The number of benzene rings is 1. The molecule has 1 aromatic carbocycles. The Morgan fingerprint density at radius 3 is 2.74 bits per heavy atom. The highest BCUT2D eigenvalue weighted by Crippen LogP contribution is 2.36. The molecular weight excluding hydrogens is 236 g/mol. The van der Waals surface area contributed by atoms with Gasteiger partial charge in [0.15, 0.2) is 0 Å². The molecule has 1 aromatic rings. The van der Waals surface area contributed by atoms with E-state index in [-0.39, 0.29) is 11.8 Å². The van der Waals surface area contributed by atoms with Gasteiger partial charge in [-0.15, -0.1) is 0 Å². The molecule has 0 unspecified atom stereocenters. The second-order valence-corrected chi connectivity index (χ2v) is 5.32. The van der Waals surface area contributed by atoms with Crippen LogP contribution in [-0.2, 0) is 11.3 Å². The number of nitrogens with zero attached hydrogens (tertiary/aromatic N) is 2. The van der Waals surface area contributed by atoms with Gasteiger partial charge in [0.1, 0.15) is 0 Å². The highest BCUT2D eigenvalue weighted by Gasteiger charge is 2.31. The van der Waals surface area contributed by atoms with Gasteiger partial charge < -0.3 is 9.80 Å². The predicted octanol–water partition coefficient (Wildman–Crippen LogP) is 2.46. The number of likely N-dealkylation sites (N-methyl/N-ethyl adjacent to an activating group) is 1. The van der Waals surface area contributed by atoms with E-state index in [2.05, 4.69) is 36.2 Å². The first-order chi connectivity index (χ1) is 9.09. The van der Waals surface area contributed by atoms with Gasteiger partial charge in [-0.25, -0.2) is 0 Å². The Labute approximate surface area is 113 Å². The summed E-state index contributed by atoms with van der Waals surface area (Å²) in [6, 6.07) is 8.28. The Kier molecular flexibility index (Phi) is 2.70. The molecule has 1 atom stereocenters. The van der Waals surface area contributed by atoms with Crippen molar-refractivity contribution < 1.29 is 4.79 Å². The van der Waals surface area contributed by atoms with Crippen molar-refractivity contribution in [2.75, 3.05) is 14.1 Å². The topological polar surface area (TPSA) is 23.6 Å². The summed E-state index contributed by atoms with van der Waals surface area (Å²) in [7, 11) is 3.88. The van der Waals surface area contributed by atoms with E-state index >= 15 is 0 Å². The molecule has 3 nitrogen and oxygen atoms in total. The molecule has 1 amide bonds. The number of carbonyl (C=O) groups is 1. The summed E-state index contributed by atoms with van der Waals surface area (Å²) in [5, 5.41) is 0. The quantitative estimate of drug-likeness (QED) is 0.710. The second-order valence-electron chi connectivity index (χ2n) is 5.32. The van der Waals surface area contributed by atoms with Crippen molar-refractivity contribution in [2.24, 2.45) is 5.92 Å². The number of hydrogen-bond donors (Lipinski definition) is 0. The lowest BCUT2D eigenvalue weighted by Gasteiger charge is -2.29. The highest BCUT2D eigenvalue weighted by molar-refractivity contribution is 6.03. The lowest BCUT2D eigenvalue weighted by molar-refractivity contribution is -0.126. The van der Waals surface area contributed by atoms with Gasteiger partial charge in [0.25, 0.3) is 5.91 Å². The van der Waals surface area contributed by atoms with Crippen LogP contribution in [0.4, 0.5) is 0 Å². The van der Waals surface area contributed by atoms with Crippen LogP contribution in [0.3, 0.4) is 0 Å². The van der Waals surface area contributed by atoms with Gasteiger partial charge in [-0.1, -0.05) is 37.3 Å². The predicted molar refractivity (Wildman–Crippen MR) is 75.9 cm³/mol. The van der Waals surface area contributed by atoms with E-state index in [1.54, 1.807) is 0 Å². The molecular formula is C16H18N2O. The molecule has 0 radical (unpaired) electrons. The molecule has 2 heterocycles. The van der Waals surface area contributed by atoms with E-state index in [9.17, 15) is 4.79 Å². The van der Waals surface area contributed by atoms with Gasteiger partial charge in [0.2, 0.25) is 0 Å². The van der Waals surface area contributed by atoms with Crippen LogP contribution in [0.5, 0.6) is 0 Å². The third kappa shape index (κ3) is 1.77. The molecule has 0 saturated carbocycles. The number of carbonyl (C=O) groups excluding carboxylic acids is 1. The number of amides is 1. The molecule has 0 N–H and O–H groups in total. The third-order valence-corrected chi connectivity index (χ3v) is 3.92. The molecule has 3 rings (SSSR count). The summed E-state index contributed by atoms with van der Waals surface area (Å²) in [5.41, 5.74) is 4.34. The first-order valence-corrected chi connectivity index (χ1v) is 6.58. The standard InChI is InChI=1S/C16H18N2O/c1-11-8-9-17(2)15-13-7-5-4-6-12(13)10-18(3)16(19)14(11)15/h4-9,11H,10H2,1-3H3/t11-/m0/s1. The van der Waals surface area contributed by atoms with Crippen LogP contribution in [-0.4, -0.2) is 29.8 Å². The second kappa shape index (κ2) is 4.26. The molecule has 2 aliphatic rings. The Morgan fingerprint density at radius 1 is 1.21 bits per heavy atom. The molecule has 0 spiro atoms. The molecule has 0 fully saturated rings. The van der Waals surface area contributed by atoms with Crippen LogP contribution >= 0.6 is 0 Å². The van der Waals surface area contributed by atoms with Crippen molar-refractivity contribution in [3.63, 3.8) is 0 Å². The van der Waals surface area contributed by atoms with Gasteiger partial charge in [-0.3, -0.25) is 4.79 Å². The first kappa shape index (κ1) is 12.0. The Bertz CT molecular complexity index is 601. The minimum Gasteiger partial charge on any atom is -0.350 e. The molecule has 3 heteroatoms. The largest absolute Gasteiger partial charge is 0.350 e. The Balaban J connectivity index is 2.29. The zero-order valence-electron chi connectivity index (χ0n) is 11.6. The van der Waals surface area contributed by atoms with Crippen molar-refractivity contribution in [2.45, 2.75) is 13.5 Å². The fourth-order valence-corrected chi connectivity index (χ4v) is 2.89. The minimum absolute atomic E-state index is 0.134. The van der Waals surface area contributed by atoms with Crippen LogP contribution < -0.4 is 0 Å². The summed E-state index contributed by atoms with van der Waals surface area (Å²) in [6.45, 7) is 2.75. The lowest BCUT2D eigenvalue weighted by atomic mass is 9.91. The fraction of sp³-hybridized carbons (Fsp3) is 0.312. The molecule has 0 aliphatic carbocycles. The summed E-state index contributed by atoms with van der Waals surface area (Å²) >= 11 is 0. The van der Waals surface area contributed by atoms with E-state index in [1.807, 2.05) is 31.1 Å². The molecule has 0 saturated heterocycles. The maximum absolute atomic E-state index is 12.6. The lowest BCUT2D eigenvalue weighted by Crippen LogP contribution is -2.30. The van der Waals surface area contributed by atoms with Crippen molar-refractivity contribution in [1.82, 2.24) is 9.80 Å². The van der Waals surface area contributed by atoms with E-state index in [4.69, 9.17) is 0 Å². The maximum Gasteiger partial charge on any atom is 0.252 e. The van der Waals surface area contributed by atoms with Gasteiger partial charge in [-0.05, 0) is 5.56 Å². The van der Waals surface area contributed by atoms with Crippen LogP contribution in [0.15, 0.2) is 42.1 Å². The summed E-state index contributed by atoms with van der Waals surface area (Å²) < 4.78 is 0. The summed E-state index contributed by atoms with van der Waals surface area (Å²) in [5.74, 6) is 0.294. The highest BCUT2D eigenvalue weighted by atomic mass is 16.2. The first-order valence-electron chi connectivity index (χ1n) is 6.58. The zero-order chi connectivity index (χ0) is 13.6. The van der Waals surface area contributed by atoms with E-state index in [0.29, 0.717) is 6.54 Å². The zero-order valence-corrected chi connectivity index (χ0v) is 11.6. The van der Waals surface area contributed by atoms with Crippen molar-refractivity contribution >= 4 is 11.6 Å². The fourth-order valence-electron chi connectivity index (χ4n) is 2.89. The Morgan fingerprint density at radius 2 is 1.95 bits per heavy atom. The van der Waals surface area contributed by atoms with Gasteiger partial charge in [0.05, 0.1) is 5.70 Å². The van der Waals surface area contributed by atoms with Crippen molar-refractivity contribution in [3.05, 3.63) is 53.2 Å². The molecule has 19 heavy (non-hydrogen) atoms. The minimum atomic E-state index is 0.134. The summed E-state index contributed by atoms with van der Waals surface area (Å²) in [4.78, 5) is 16.5. The number of allylic oxidation sites excluding steroid dienone is 1. The monoisotopic (exact) mass is 254 g/mol. The van der Waals surface area contributed by atoms with Gasteiger partial charge in [0, 0.05) is 43.9 Å². The molecule has 2 aliphatic heterocycles. The number of hydrogen-bond acceptors (Lipinski definition) is 2. The smallest absolute Gasteiger partial charge is 0.252 e. The van der Waals surface area contributed by atoms with Crippen molar-refractivity contribution in [3.8, 4) is 0 Å². The average molecular weight is 254 g/mol. The Hall–Kier alpha value is -2.03. The van der Waals surface area contributed by atoms with E-state index in [1.165, 1.54) is 11.1 Å². The van der Waals surface area contributed by atoms with Crippen LogP contribution in [0.25, 0.3) is 5.70 Å². The van der Waals surface area contributed by atoms with E-state index in [0.717, 1.165) is 11.3 Å². The summed E-state index contributed by atoms with van der Waals surface area (Å²) in [6.07, 6.45) is 4.14. The van der Waals surface area contributed by atoms with Crippen LogP contribution in [0.2, 0.25) is 0 Å².